The van der Waals surface area contributed by atoms with Gasteiger partial charge in [0.2, 0.25) is 11.8 Å². The van der Waals surface area contributed by atoms with Gasteiger partial charge in [0.25, 0.3) is 0 Å². The van der Waals surface area contributed by atoms with E-state index in [0.29, 0.717) is 18.8 Å². The Hall–Kier alpha value is -3.28. The van der Waals surface area contributed by atoms with Gasteiger partial charge in [-0.3, -0.25) is 14.5 Å². The van der Waals surface area contributed by atoms with E-state index in [2.05, 4.69) is 17.1 Å². The van der Waals surface area contributed by atoms with Crippen LogP contribution in [0.2, 0.25) is 0 Å². The van der Waals surface area contributed by atoms with Crippen LogP contribution < -0.4 is 0 Å². The number of rotatable bonds is 3. The quantitative estimate of drug-likeness (QED) is 0.830. The lowest BCUT2D eigenvalue weighted by molar-refractivity contribution is -0.138. The summed E-state index contributed by atoms with van der Waals surface area (Å²) >= 11 is 0. The number of amides is 4. The van der Waals surface area contributed by atoms with Gasteiger partial charge in [-0.1, -0.05) is 54.6 Å². The van der Waals surface area contributed by atoms with E-state index in [1.807, 2.05) is 24.3 Å². The van der Waals surface area contributed by atoms with Crippen molar-refractivity contribution in [2.75, 3.05) is 19.6 Å². The number of imide groups is 1. The number of nitrogens with zero attached hydrogens (tertiary/aromatic N) is 3. The van der Waals surface area contributed by atoms with Gasteiger partial charge in [-0.15, -0.1) is 0 Å². The number of hydrogen-bond donors (Lipinski definition) is 0. The molecule has 0 saturated carbocycles. The molecular formula is C21H19N3O3. The molecule has 0 spiro atoms. The minimum atomic E-state index is -0.669. The van der Waals surface area contributed by atoms with E-state index >= 15 is 0 Å². The Morgan fingerprint density at radius 1 is 1.15 bits per heavy atom. The van der Waals surface area contributed by atoms with Gasteiger partial charge in [0.1, 0.15) is 6.54 Å². The van der Waals surface area contributed by atoms with Crippen LogP contribution in [-0.2, 0) is 9.59 Å². The average molecular weight is 361 g/mol. The standard InChI is InChI=1S/C21H19N3O3/c25-19(23-12-10-16(11-13-23)15-6-2-1-3-7-15)14-24-20(26)17-8-4-5-9-18(17)22-21(24)27/h1-10,17H,11-14H2. The third-order valence-electron chi connectivity index (χ3n) is 4.99. The Morgan fingerprint density at radius 2 is 1.96 bits per heavy atom. The molecule has 6 heteroatoms. The molecule has 1 atom stereocenters. The average Bonchev–Trinajstić information content (AvgIpc) is 2.72. The maximum atomic E-state index is 12.6. The first-order valence-corrected chi connectivity index (χ1v) is 8.94. The Bertz CT molecular complexity index is 912. The van der Waals surface area contributed by atoms with Crippen LogP contribution in [0.25, 0.3) is 5.57 Å². The van der Waals surface area contributed by atoms with Crippen molar-refractivity contribution in [3.05, 3.63) is 66.3 Å². The highest BCUT2D eigenvalue weighted by Gasteiger charge is 2.37. The lowest BCUT2D eigenvalue weighted by Crippen LogP contribution is -2.51. The summed E-state index contributed by atoms with van der Waals surface area (Å²) in [6.07, 6.45) is 9.61. The molecule has 136 valence electrons. The molecule has 1 aromatic rings. The van der Waals surface area contributed by atoms with E-state index in [9.17, 15) is 14.4 Å². The molecular weight excluding hydrogens is 342 g/mol. The van der Waals surface area contributed by atoms with Crippen molar-refractivity contribution in [2.24, 2.45) is 10.9 Å². The van der Waals surface area contributed by atoms with Gasteiger partial charge < -0.3 is 4.90 Å². The summed E-state index contributed by atoms with van der Waals surface area (Å²) in [6, 6.07) is 9.39. The zero-order chi connectivity index (χ0) is 18.8. The van der Waals surface area contributed by atoms with Crippen molar-refractivity contribution in [1.29, 1.82) is 0 Å². The van der Waals surface area contributed by atoms with Gasteiger partial charge in [0.15, 0.2) is 0 Å². The van der Waals surface area contributed by atoms with Crippen LogP contribution in [0.3, 0.4) is 0 Å². The molecule has 0 N–H and O–H groups in total. The molecule has 0 aromatic heterocycles. The molecule has 0 fully saturated rings. The van der Waals surface area contributed by atoms with E-state index < -0.39 is 17.9 Å². The lowest BCUT2D eigenvalue weighted by Gasteiger charge is -2.31. The minimum Gasteiger partial charge on any atom is -0.337 e. The number of carbonyl (C=O) groups excluding carboxylic acids is 3. The Labute approximate surface area is 157 Å². The summed E-state index contributed by atoms with van der Waals surface area (Å²) in [7, 11) is 0. The SMILES string of the molecule is O=C(CN1C(=O)N=C2C=CC=CC2C1=O)N1CC=C(c2ccccc2)CC1. The second-order valence-electron chi connectivity index (χ2n) is 6.65. The number of hydrogen-bond acceptors (Lipinski definition) is 3. The largest absolute Gasteiger partial charge is 0.351 e. The molecule has 0 bridgehead atoms. The third-order valence-corrected chi connectivity index (χ3v) is 4.99. The van der Waals surface area contributed by atoms with Gasteiger partial charge in [-0.25, -0.2) is 4.79 Å². The van der Waals surface area contributed by atoms with E-state index in [4.69, 9.17) is 0 Å². The maximum absolute atomic E-state index is 12.6. The summed E-state index contributed by atoms with van der Waals surface area (Å²) in [5.74, 6) is -1.21. The Kier molecular flexibility index (Phi) is 4.54. The van der Waals surface area contributed by atoms with Crippen LogP contribution >= 0.6 is 0 Å². The van der Waals surface area contributed by atoms with E-state index in [1.165, 1.54) is 5.57 Å². The van der Waals surface area contributed by atoms with Crippen molar-refractivity contribution in [3.63, 3.8) is 0 Å². The number of carbonyl (C=O) groups is 3. The first-order chi connectivity index (χ1) is 13.1. The lowest BCUT2D eigenvalue weighted by atomic mass is 9.95. The number of fused-ring (bicyclic) bond motifs is 1. The molecule has 4 amide bonds. The van der Waals surface area contributed by atoms with Crippen molar-refractivity contribution in [3.8, 4) is 0 Å². The van der Waals surface area contributed by atoms with Crippen LogP contribution in [0.4, 0.5) is 4.79 Å². The van der Waals surface area contributed by atoms with E-state index in [-0.39, 0.29) is 12.5 Å². The van der Waals surface area contributed by atoms with Gasteiger partial charge in [-0.2, -0.15) is 4.99 Å². The maximum Gasteiger partial charge on any atom is 0.351 e. The van der Waals surface area contributed by atoms with Gasteiger partial charge in [0.05, 0.1) is 11.6 Å². The Morgan fingerprint density at radius 3 is 2.70 bits per heavy atom. The van der Waals surface area contributed by atoms with Crippen molar-refractivity contribution < 1.29 is 14.4 Å². The molecule has 27 heavy (non-hydrogen) atoms. The highest BCUT2D eigenvalue weighted by Crippen LogP contribution is 2.23. The van der Waals surface area contributed by atoms with Gasteiger partial charge in [0, 0.05) is 13.1 Å². The van der Waals surface area contributed by atoms with Gasteiger partial charge in [-0.05, 0) is 23.6 Å². The summed E-state index contributed by atoms with van der Waals surface area (Å²) in [5.41, 5.74) is 2.80. The summed E-state index contributed by atoms with van der Waals surface area (Å²) in [4.78, 5) is 44.0. The predicted molar refractivity (Wildman–Crippen MR) is 102 cm³/mol. The third kappa shape index (κ3) is 3.38. The number of aliphatic imine (C=N–C) groups is 1. The topological polar surface area (TPSA) is 70.0 Å². The van der Waals surface area contributed by atoms with E-state index in [0.717, 1.165) is 16.9 Å². The van der Waals surface area contributed by atoms with Crippen molar-refractivity contribution >= 4 is 29.1 Å². The van der Waals surface area contributed by atoms with Crippen LogP contribution in [0.15, 0.2) is 65.7 Å². The van der Waals surface area contributed by atoms with Crippen LogP contribution in [-0.4, -0.2) is 53.0 Å². The van der Waals surface area contributed by atoms with Crippen molar-refractivity contribution in [1.82, 2.24) is 9.80 Å². The van der Waals surface area contributed by atoms with Crippen LogP contribution in [0.5, 0.6) is 0 Å². The molecule has 0 saturated heterocycles. The summed E-state index contributed by atoms with van der Waals surface area (Å²) in [6.45, 7) is 0.771. The molecule has 1 unspecified atom stereocenters. The fourth-order valence-corrected chi connectivity index (χ4v) is 3.47. The highest BCUT2D eigenvalue weighted by molar-refractivity contribution is 6.22. The number of allylic oxidation sites excluding steroid dienone is 3. The normalized spacial score (nSPS) is 21.7. The molecule has 2 aliphatic heterocycles. The molecule has 1 aliphatic carbocycles. The molecule has 6 nitrogen and oxygen atoms in total. The van der Waals surface area contributed by atoms with Gasteiger partial charge >= 0.3 is 6.03 Å². The zero-order valence-electron chi connectivity index (χ0n) is 14.7. The summed E-state index contributed by atoms with van der Waals surface area (Å²) in [5, 5.41) is 0. The molecule has 2 heterocycles. The minimum absolute atomic E-state index is 0.242. The molecule has 1 aromatic carbocycles. The second kappa shape index (κ2) is 7.15. The van der Waals surface area contributed by atoms with E-state index in [1.54, 1.807) is 29.2 Å². The fraction of sp³-hybridized carbons (Fsp3) is 0.238. The van der Waals surface area contributed by atoms with Crippen LogP contribution in [0.1, 0.15) is 12.0 Å². The smallest absolute Gasteiger partial charge is 0.337 e. The zero-order valence-corrected chi connectivity index (χ0v) is 14.7. The number of urea groups is 1. The highest BCUT2D eigenvalue weighted by atomic mass is 16.2. The predicted octanol–water partition coefficient (Wildman–Crippen LogP) is 2.45. The summed E-state index contributed by atoms with van der Waals surface area (Å²) < 4.78 is 0. The first kappa shape index (κ1) is 17.1. The van der Waals surface area contributed by atoms with Crippen LogP contribution in [0, 0.1) is 5.92 Å². The molecule has 4 rings (SSSR count). The first-order valence-electron chi connectivity index (χ1n) is 8.94. The molecule has 3 aliphatic rings. The Balaban J connectivity index is 1.43. The fourth-order valence-electron chi connectivity index (χ4n) is 3.47. The monoisotopic (exact) mass is 361 g/mol. The second-order valence-corrected chi connectivity index (χ2v) is 6.65. The number of benzene rings is 1. The van der Waals surface area contributed by atoms with Crippen molar-refractivity contribution in [2.45, 2.75) is 6.42 Å². The molecule has 0 radical (unpaired) electrons.